The lowest BCUT2D eigenvalue weighted by Gasteiger charge is -2.16. The summed E-state index contributed by atoms with van der Waals surface area (Å²) in [7, 11) is 0. The highest BCUT2D eigenvalue weighted by molar-refractivity contribution is 5.80. The van der Waals surface area contributed by atoms with Gasteiger partial charge in [0.1, 0.15) is 0 Å². The standard InChI is InChI=1S/C16H24FNO3/c1-10(2)7-8-18-16(20)12(4)21-15-6-5-13(11(3)19)9-14(15)17/h5-6,9-12,19H,7-8H2,1-4H3,(H,18,20). The van der Waals surface area contributed by atoms with Gasteiger partial charge in [0, 0.05) is 6.54 Å². The van der Waals surface area contributed by atoms with Crippen molar-refractivity contribution in [2.24, 2.45) is 5.92 Å². The van der Waals surface area contributed by atoms with Crippen molar-refractivity contribution in [2.75, 3.05) is 6.54 Å². The molecule has 2 unspecified atom stereocenters. The predicted molar refractivity (Wildman–Crippen MR) is 79.6 cm³/mol. The van der Waals surface area contributed by atoms with E-state index in [0.29, 0.717) is 18.0 Å². The number of hydrogen-bond donors (Lipinski definition) is 2. The third-order valence-corrected chi connectivity index (χ3v) is 3.13. The van der Waals surface area contributed by atoms with Crippen molar-refractivity contribution < 1.29 is 19.0 Å². The van der Waals surface area contributed by atoms with Crippen LogP contribution in [-0.4, -0.2) is 23.7 Å². The lowest BCUT2D eigenvalue weighted by atomic mass is 10.1. The molecule has 2 atom stereocenters. The van der Waals surface area contributed by atoms with Crippen LogP contribution >= 0.6 is 0 Å². The first-order valence-corrected chi connectivity index (χ1v) is 7.23. The van der Waals surface area contributed by atoms with Crippen LogP contribution in [0.15, 0.2) is 18.2 Å². The van der Waals surface area contributed by atoms with Gasteiger partial charge >= 0.3 is 0 Å². The molecule has 118 valence electrons. The Kier molecular flexibility index (Phi) is 6.62. The number of carbonyl (C=O) groups excluding carboxylic acids is 1. The summed E-state index contributed by atoms with van der Waals surface area (Å²) in [5.41, 5.74) is 0.467. The zero-order valence-corrected chi connectivity index (χ0v) is 13.0. The van der Waals surface area contributed by atoms with E-state index in [2.05, 4.69) is 19.2 Å². The molecule has 1 amide bonds. The van der Waals surface area contributed by atoms with Gasteiger partial charge in [0.15, 0.2) is 17.7 Å². The Morgan fingerprint density at radius 2 is 2.00 bits per heavy atom. The molecule has 2 N–H and O–H groups in total. The van der Waals surface area contributed by atoms with E-state index in [4.69, 9.17) is 4.74 Å². The molecule has 0 heterocycles. The number of rotatable bonds is 7. The van der Waals surface area contributed by atoms with Gasteiger partial charge in [0.25, 0.3) is 5.91 Å². The molecule has 21 heavy (non-hydrogen) atoms. The molecule has 0 bridgehead atoms. The number of ether oxygens (including phenoxy) is 1. The van der Waals surface area contributed by atoms with Crippen LogP contribution in [0.5, 0.6) is 5.75 Å². The highest BCUT2D eigenvalue weighted by Crippen LogP contribution is 2.22. The first kappa shape index (κ1) is 17.4. The lowest BCUT2D eigenvalue weighted by molar-refractivity contribution is -0.127. The average molecular weight is 297 g/mol. The minimum absolute atomic E-state index is 0.00547. The van der Waals surface area contributed by atoms with Crippen LogP contribution in [0.2, 0.25) is 0 Å². The minimum Gasteiger partial charge on any atom is -0.478 e. The van der Waals surface area contributed by atoms with Crippen LogP contribution in [0.1, 0.15) is 45.8 Å². The third-order valence-electron chi connectivity index (χ3n) is 3.13. The van der Waals surface area contributed by atoms with Crippen molar-refractivity contribution in [2.45, 2.75) is 46.3 Å². The van der Waals surface area contributed by atoms with Crippen molar-refractivity contribution in [1.29, 1.82) is 0 Å². The summed E-state index contributed by atoms with van der Waals surface area (Å²) in [6, 6.07) is 4.21. The number of halogens is 1. The molecule has 0 aliphatic rings. The highest BCUT2D eigenvalue weighted by atomic mass is 19.1. The second-order valence-corrected chi connectivity index (χ2v) is 5.60. The van der Waals surface area contributed by atoms with Gasteiger partial charge in [-0.2, -0.15) is 0 Å². The molecule has 0 aromatic heterocycles. The Labute approximate surface area is 125 Å². The largest absolute Gasteiger partial charge is 0.478 e. The van der Waals surface area contributed by atoms with E-state index in [0.717, 1.165) is 6.42 Å². The SMILES string of the molecule is CC(C)CCNC(=O)C(C)Oc1ccc(C(C)O)cc1F. The van der Waals surface area contributed by atoms with Crippen molar-refractivity contribution in [3.63, 3.8) is 0 Å². The molecule has 0 aliphatic carbocycles. The zero-order chi connectivity index (χ0) is 16.0. The van der Waals surface area contributed by atoms with Crippen molar-refractivity contribution in [3.05, 3.63) is 29.6 Å². The topological polar surface area (TPSA) is 58.6 Å². The maximum Gasteiger partial charge on any atom is 0.260 e. The van der Waals surface area contributed by atoms with Gasteiger partial charge in [0.05, 0.1) is 6.10 Å². The Bertz CT molecular complexity index is 475. The highest BCUT2D eigenvalue weighted by Gasteiger charge is 2.17. The summed E-state index contributed by atoms with van der Waals surface area (Å²) < 4.78 is 19.2. The van der Waals surface area contributed by atoms with E-state index in [-0.39, 0.29) is 11.7 Å². The Balaban J connectivity index is 2.58. The van der Waals surface area contributed by atoms with Crippen LogP contribution in [0.3, 0.4) is 0 Å². The van der Waals surface area contributed by atoms with E-state index < -0.39 is 18.0 Å². The second-order valence-electron chi connectivity index (χ2n) is 5.60. The summed E-state index contributed by atoms with van der Waals surface area (Å²) in [6.45, 7) is 7.86. The molecule has 1 aromatic carbocycles. The number of aliphatic hydroxyl groups is 1. The van der Waals surface area contributed by atoms with Crippen molar-refractivity contribution in [1.82, 2.24) is 5.32 Å². The molecule has 0 fully saturated rings. The summed E-state index contributed by atoms with van der Waals surface area (Å²) in [5, 5.41) is 12.1. The van der Waals surface area contributed by atoms with Crippen LogP contribution in [0, 0.1) is 11.7 Å². The van der Waals surface area contributed by atoms with E-state index in [1.54, 1.807) is 19.9 Å². The summed E-state index contributed by atoms with van der Waals surface area (Å²) in [6.07, 6.45) is -0.634. The van der Waals surface area contributed by atoms with Gasteiger partial charge in [-0.15, -0.1) is 0 Å². The van der Waals surface area contributed by atoms with Crippen LogP contribution in [0.4, 0.5) is 4.39 Å². The van der Waals surface area contributed by atoms with Crippen LogP contribution < -0.4 is 10.1 Å². The lowest BCUT2D eigenvalue weighted by Crippen LogP contribution is -2.37. The normalized spacial score (nSPS) is 13.9. The first-order chi connectivity index (χ1) is 9.81. The average Bonchev–Trinajstić information content (AvgIpc) is 2.40. The molecular weight excluding hydrogens is 273 g/mol. The Hall–Kier alpha value is -1.62. The Morgan fingerprint density at radius 3 is 2.52 bits per heavy atom. The maximum absolute atomic E-state index is 13.8. The molecule has 0 saturated heterocycles. The van der Waals surface area contributed by atoms with Crippen LogP contribution in [-0.2, 0) is 4.79 Å². The fraction of sp³-hybridized carbons (Fsp3) is 0.562. The van der Waals surface area contributed by atoms with E-state index in [1.165, 1.54) is 12.1 Å². The number of benzene rings is 1. The first-order valence-electron chi connectivity index (χ1n) is 7.23. The summed E-state index contributed by atoms with van der Waals surface area (Å²) >= 11 is 0. The van der Waals surface area contributed by atoms with Gasteiger partial charge in [-0.25, -0.2) is 4.39 Å². The Morgan fingerprint density at radius 1 is 1.33 bits per heavy atom. The van der Waals surface area contributed by atoms with Crippen molar-refractivity contribution >= 4 is 5.91 Å². The molecule has 0 aliphatic heterocycles. The predicted octanol–water partition coefficient (Wildman–Crippen LogP) is 2.81. The van der Waals surface area contributed by atoms with Gasteiger partial charge in [0.2, 0.25) is 0 Å². The molecule has 4 nitrogen and oxygen atoms in total. The van der Waals surface area contributed by atoms with Gasteiger partial charge in [-0.1, -0.05) is 19.9 Å². The van der Waals surface area contributed by atoms with Crippen molar-refractivity contribution in [3.8, 4) is 5.75 Å². The van der Waals surface area contributed by atoms with Gasteiger partial charge < -0.3 is 15.2 Å². The zero-order valence-electron chi connectivity index (χ0n) is 13.0. The smallest absolute Gasteiger partial charge is 0.260 e. The number of amides is 1. The summed E-state index contributed by atoms with van der Waals surface area (Å²) in [4.78, 5) is 11.8. The molecule has 0 saturated carbocycles. The van der Waals surface area contributed by atoms with Gasteiger partial charge in [-0.05, 0) is 43.9 Å². The van der Waals surface area contributed by atoms with E-state index in [9.17, 15) is 14.3 Å². The molecule has 1 rings (SSSR count). The van der Waals surface area contributed by atoms with E-state index in [1.807, 2.05) is 0 Å². The second kappa shape index (κ2) is 7.98. The van der Waals surface area contributed by atoms with Crippen LogP contribution in [0.25, 0.3) is 0 Å². The van der Waals surface area contributed by atoms with E-state index >= 15 is 0 Å². The molecule has 0 spiro atoms. The molecular formula is C16H24FNO3. The fourth-order valence-corrected chi connectivity index (χ4v) is 1.74. The fourth-order valence-electron chi connectivity index (χ4n) is 1.74. The molecule has 0 radical (unpaired) electrons. The maximum atomic E-state index is 13.8. The number of nitrogens with one attached hydrogen (secondary N) is 1. The summed E-state index contributed by atoms with van der Waals surface area (Å²) in [5.74, 6) is -0.345. The van der Waals surface area contributed by atoms with Gasteiger partial charge in [-0.3, -0.25) is 4.79 Å². The quantitative estimate of drug-likeness (QED) is 0.813. The number of aliphatic hydroxyl groups excluding tert-OH is 1. The number of hydrogen-bond acceptors (Lipinski definition) is 3. The molecule has 5 heteroatoms. The molecule has 1 aromatic rings. The minimum atomic E-state index is -0.774. The monoisotopic (exact) mass is 297 g/mol. The third kappa shape index (κ3) is 5.71. The number of carbonyl (C=O) groups is 1.